The smallest absolute Gasteiger partial charge is 2.00 e. The van der Waals surface area contributed by atoms with Crippen LogP contribution in [-0.4, -0.2) is 0 Å². The second-order valence-electron chi connectivity index (χ2n) is 0. The van der Waals surface area contributed by atoms with E-state index < -0.39 is 0 Å². The molecule has 0 atom stereocenters. The Kier molecular flexibility index (Phi) is 244. The average Bonchev–Trinajstić information content (AvgIpc) is 0. The van der Waals surface area contributed by atoms with Crippen LogP contribution in [0.15, 0.2) is 0 Å². The quantitative estimate of drug-likeness (QED) is 0.413. The van der Waals surface area contributed by atoms with Crippen LogP contribution in [0, 0.1) is 35.6 Å². The molecule has 0 aliphatic rings. The van der Waals surface area contributed by atoms with Crippen LogP contribution >= 0.6 is 0 Å². The molecular formula is CrLaLiOTi+9. The molecule has 0 unspecified atom stereocenters. The molecule has 0 fully saturated rings. The van der Waals surface area contributed by atoms with E-state index >= 15 is 0 Å². The third kappa shape index (κ3) is 19.4. The van der Waals surface area contributed by atoms with Gasteiger partial charge in [-0.3, -0.25) is 0 Å². The maximum atomic E-state index is 0. The largest absolute Gasteiger partial charge is 4.00 e. The molecule has 0 aromatic rings. The minimum atomic E-state index is 0. The average molecular weight is 262 g/mol. The van der Waals surface area contributed by atoms with Gasteiger partial charge in [-0.05, 0) is 0 Å². The van der Waals surface area contributed by atoms with Crippen molar-refractivity contribution in [3.8, 4) is 0 Å². The van der Waals surface area contributed by atoms with Gasteiger partial charge in [-0.2, -0.15) is 0 Å². The molecule has 5 heteroatoms. The molecule has 1 nitrogen and oxygen atoms in total. The molecule has 0 saturated carbocycles. The van der Waals surface area contributed by atoms with Gasteiger partial charge in [0.15, 0.2) is 0 Å². The first-order valence-corrected chi connectivity index (χ1v) is 0. The normalized spacial score (nSPS) is 0. The summed E-state index contributed by atoms with van der Waals surface area (Å²) in [5, 5.41) is 0. The van der Waals surface area contributed by atoms with Gasteiger partial charge in [0, 0.05) is 0 Å². The Balaban J connectivity index is 0. The predicted molar refractivity (Wildman–Crippen MR) is 0.686 cm³/mol. The molecule has 0 saturated heterocycles. The van der Waals surface area contributed by atoms with Gasteiger partial charge < -0.3 is 5.48 Å². The van der Waals surface area contributed by atoms with Crippen LogP contribution in [0.4, 0.5) is 0 Å². The maximum Gasteiger partial charge on any atom is 4.00 e. The summed E-state index contributed by atoms with van der Waals surface area (Å²) in [7, 11) is 0. The topological polar surface area (TPSA) is 28.5 Å². The number of hydrogen-bond donors (Lipinski definition) is 0. The van der Waals surface area contributed by atoms with Crippen molar-refractivity contribution >= 4 is 0 Å². The summed E-state index contributed by atoms with van der Waals surface area (Å²) >= 11 is 0. The molecule has 0 aromatic heterocycles. The first kappa shape index (κ1) is 43.6. The van der Waals surface area contributed by atoms with E-state index in [1.165, 1.54) is 0 Å². The molecule has 11 valence electrons. The Hall–Kier alpha value is 3.00. The Labute approximate surface area is 97.1 Å². The maximum absolute atomic E-state index is 0. The minimum absolute atomic E-state index is 0. The molecule has 0 bridgehead atoms. The van der Waals surface area contributed by atoms with Gasteiger partial charge in [0.25, 0.3) is 0 Å². The van der Waals surface area contributed by atoms with E-state index in [1.807, 2.05) is 0 Å². The zero-order chi connectivity index (χ0) is 0. The Morgan fingerprint density at radius 2 is 1.00 bits per heavy atom. The second-order valence-corrected chi connectivity index (χ2v) is 0. The van der Waals surface area contributed by atoms with Crippen molar-refractivity contribution < 1.29 is 99.0 Å². The molecule has 0 heterocycles. The molecule has 5 heavy (non-hydrogen) atoms. The fourth-order valence-corrected chi connectivity index (χ4v) is 0. The zero-order valence-corrected chi connectivity index (χ0v) is 9.36. The van der Waals surface area contributed by atoms with Crippen molar-refractivity contribution in [1.29, 1.82) is 0 Å². The van der Waals surface area contributed by atoms with Crippen molar-refractivity contribution in [1.82, 2.24) is 0 Å². The third-order valence-corrected chi connectivity index (χ3v) is 0. The van der Waals surface area contributed by atoms with E-state index in [9.17, 15) is 0 Å². The Bertz CT molecular complexity index is 11.6. The number of hydrogen-bond acceptors (Lipinski definition) is 0. The summed E-state index contributed by atoms with van der Waals surface area (Å²) in [4.78, 5) is 0. The van der Waals surface area contributed by atoms with E-state index in [2.05, 4.69) is 0 Å². The van der Waals surface area contributed by atoms with Gasteiger partial charge >= 0.3 is 93.5 Å². The minimum Gasteiger partial charge on any atom is -2.00 e. The fourth-order valence-electron chi connectivity index (χ4n) is 0. The van der Waals surface area contributed by atoms with Crippen LogP contribution in [0.1, 0.15) is 0 Å². The van der Waals surface area contributed by atoms with E-state index in [0.717, 1.165) is 0 Å². The summed E-state index contributed by atoms with van der Waals surface area (Å²) in [6.07, 6.45) is 0. The van der Waals surface area contributed by atoms with Crippen LogP contribution in [0.5, 0.6) is 0 Å². The summed E-state index contributed by atoms with van der Waals surface area (Å²) < 4.78 is 0. The first-order valence-electron chi connectivity index (χ1n) is 0. The van der Waals surface area contributed by atoms with Crippen molar-refractivity contribution in [2.24, 2.45) is 0 Å². The van der Waals surface area contributed by atoms with Gasteiger partial charge in [0.05, 0.1) is 0 Å². The van der Waals surface area contributed by atoms with Crippen LogP contribution < -0.4 is 18.9 Å². The summed E-state index contributed by atoms with van der Waals surface area (Å²) in [6, 6.07) is 0. The molecular weight excluding hydrogens is 262 g/mol. The summed E-state index contributed by atoms with van der Waals surface area (Å²) in [6.45, 7) is 0. The second kappa shape index (κ2) is 28.0. The predicted octanol–water partition coefficient (Wildman–Crippen LogP) is -3.12. The molecule has 0 aliphatic heterocycles. The van der Waals surface area contributed by atoms with Crippen molar-refractivity contribution in [3.63, 3.8) is 0 Å². The Morgan fingerprint density at radius 1 is 1.00 bits per heavy atom. The third-order valence-electron chi connectivity index (χ3n) is 0. The van der Waals surface area contributed by atoms with Crippen molar-refractivity contribution in [2.45, 2.75) is 0 Å². The van der Waals surface area contributed by atoms with Gasteiger partial charge in [-0.1, -0.05) is 0 Å². The van der Waals surface area contributed by atoms with E-state index in [4.69, 9.17) is 0 Å². The van der Waals surface area contributed by atoms with Gasteiger partial charge in [-0.15, -0.1) is 0 Å². The molecule has 0 N–H and O–H groups in total. The molecule has 0 spiro atoms. The Morgan fingerprint density at radius 3 is 1.00 bits per heavy atom. The molecule has 0 amide bonds. The SMILES string of the molecule is [Cr+3].[La+3].[Li+].[O-2].[Ti+4]. The first-order chi connectivity index (χ1) is 0. The molecule has 0 aliphatic carbocycles. The van der Waals surface area contributed by atoms with Gasteiger partial charge in [0.2, 0.25) is 0 Å². The fraction of sp³-hybridized carbons (Fsp3) is 0. The van der Waals surface area contributed by atoms with Gasteiger partial charge in [0.1, 0.15) is 0 Å². The van der Waals surface area contributed by atoms with E-state index in [0.29, 0.717) is 0 Å². The molecule has 0 rings (SSSR count). The van der Waals surface area contributed by atoms with Crippen LogP contribution in [-0.2, 0) is 44.6 Å². The van der Waals surface area contributed by atoms with Crippen molar-refractivity contribution in [3.05, 3.63) is 0 Å². The van der Waals surface area contributed by atoms with Crippen LogP contribution in [0.3, 0.4) is 0 Å². The molecule has 0 aromatic carbocycles. The van der Waals surface area contributed by atoms with Crippen LogP contribution in [0.2, 0.25) is 0 Å². The molecule has 1 radical (unpaired) electrons. The van der Waals surface area contributed by atoms with Crippen molar-refractivity contribution in [2.75, 3.05) is 0 Å². The number of rotatable bonds is 0. The summed E-state index contributed by atoms with van der Waals surface area (Å²) in [5.41, 5.74) is 0. The van der Waals surface area contributed by atoms with Gasteiger partial charge in [-0.25, -0.2) is 0 Å². The summed E-state index contributed by atoms with van der Waals surface area (Å²) in [5.74, 6) is 0. The standard InChI is InChI=1S/Cr.La.Li.O.Ti/q2*+3;+1;-2;+4. The monoisotopic (exact) mass is 262 g/mol. The van der Waals surface area contributed by atoms with E-state index in [1.54, 1.807) is 0 Å². The zero-order valence-electron chi connectivity index (χ0n) is 2.89. The van der Waals surface area contributed by atoms with Crippen LogP contribution in [0.25, 0.3) is 0 Å². The van der Waals surface area contributed by atoms with E-state index in [-0.39, 0.29) is 99.0 Å².